The fourth-order valence-electron chi connectivity index (χ4n) is 6.01. The summed E-state index contributed by atoms with van der Waals surface area (Å²) in [6.45, 7) is 7.07. The number of rotatable bonds is 4. The van der Waals surface area contributed by atoms with Gasteiger partial charge >= 0.3 is 0 Å². The van der Waals surface area contributed by atoms with Gasteiger partial charge in [0.15, 0.2) is 0 Å². The Bertz CT molecular complexity index is 1290. The highest BCUT2D eigenvalue weighted by Gasteiger charge is 2.45. The van der Waals surface area contributed by atoms with Gasteiger partial charge in [-0.25, -0.2) is 4.98 Å². The number of likely N-dealkylation sites (N-methyl/N-ethyl adjacent to an activating group) is 1. The van der Waals surface area contributed by atoms with E-state index in [-0.39, 0.29) is 11.8 Å². The lowest BCUT2D eigenvalue weighted by Crippen LogP contribution is -2.54. The highest BCUT2D eigenvalue weighted by molar-refractivity contribution is 5.94. The Labute approximate surface area is 210 Å². The Hall–Kier alpha value is -3.46. The summed E-state index contributed by atoms with van der Waals surface area (Å²) in [5, 5.41) is 7.33. The van der Waals surface area contributed by atoms with Crippen molar-refractivity contribution in [3.63, 3.8) is 0 Å². The number of carbonyl (C=O) groups excluding carboxylic acids is 2. The predicted octanol–water partition coefficient (Wildman–Crippen LogP) is 3.24. The van der Waals surface area contributed by atoms with Crippen molar-refractivity contribution < 1.29 is 9.59 Å². The van der Waals surface area contributed by atoms with Crippen molar-refractivity contribution in [3.05, 3.63) is 47.8 Å². The molecule has 188 valence electrons. The number of fused-ring (bicyclic) bond motifs is 4. The van der Waals surface area contributed by atoms with Crippen molar-refractivity contribution in [2.24, 2.45) is 0 Å². The molecule has 1 aliphatic carbocycles. The molecule has 1 spiro atoms. The second kappa shape index (κ2) is 9.20. The number of benzene rings is 1. The van der Waals surface area contributed by atoms with E-state index in [1.54, 1.807) is 0 Å². The zero-order valence-corrected chi connectivity index (χ0v) is 20.8. The molecule has 6 rings (SSSR count). The van der Waals surface area contributed by atoms with Crippen LogP contribution in [0.4, 0.5) is 11.6 Å². The van der Waals surface area contributed by atoms with Crippen LogP contribution in [0.2, 0.25) is 0 Å². The molecule has 0 radical (unpaired) electrons. The van der Waals surface area contributed by atoms with E-state index in [1.165, 1.54) is 6.42 Å². The van der Waals surface area contributed by atoms with E-state index in [0.29, 0.717) is 18.1 Å². The summed E-state index contributed by atoms with van der Waals surface area (Å²) in [7, 11) is 0. The topological polar surface area (TPSA) is 95.4 Å². The van der Waals surface area contributed by atoms with Crippen LogP contribution in [0.1, 0.15) is 55.1 Å². The minimum Gasteiger partial charge on any atom is -0.348 e. The summed E-state index contributed by atoms with van der Waals surface area (Å²) in [4.78, 5) is 39.6. The molecular weight excluding hydrogens is 454 g/mol. The van der Waals surface area contributed by atoms with Gasteiger partial charge in [-0.1, -0.05) is 26.2 Å². The number of aromatic nitrogens is 3. The average molecular weight is 488 g/mol. The van der Waals surface area contributed by atoms with Crippen LogP contribution in [0.5, 0.6) is 0 Å². The molecule has 0 bridgehead atoms. The van der Waals surface area contributed by atoms with Crippen LogP contribution in [-0.2, 0) is 16.9 Å². The molecule has 2 aliphatic heterocycles. The Morgan fingerprint density at radius 1 is 1.08 bits per heavy atom. The number of anilines is 2. The normalized spacial score (nSPS) is 19.8. The molecule has 0 atom stereocenters. The van der Waals surface area contributed by atoms with Crippen molar-refractivity contribution in [1.82, 2.24) is 29.7 Å². The van der Waals surface area contributed by atoms with Crippen molar-refractivity contribution in [3.8, 4) is 0 Å². The first-order chi connectivity index (χ1) is 17.6. The molecule has 2 aromatic heterocycles. The predicted molar refractivity (Wildman–Crippen MR) is 138 cm³/mol. The van der Waals surface area contributed by atoms with Gasteiger partial charge in [0.1, 0.15) is 11.2 Å². The quantitative estimate of drug-likeness (QED) is 0.587. The van der Waals surface area contributed by atoms with E-state index in [1.807, 2.05) is 35.4 Å². The Morgan fingerprint density at radius 3 is 2.56 bits per heavy atom. The molecule has 9 nitrogen and oxygen atoms in total. The number of hydrogen-bond donors (Lipinski definition) is 2. The first kappa shape index (κ1) is 23.0. The van der Waals surface area contributed by atoms with Crippen molar-refractivity contribution in [2.45, 2.75) is 51.1 Å². The van der Waals surface area contributed by atoms with Crippen LogP contribution in [0, 0.1) is 0 Å². The van der Waals surface area contributed by atoms with E-state index in [2.05, 4.69) is 38.1 Å². The molecule has 0 unspecified atom stereocenters. The zero-order chi connectivity index (χ0) is 24.7. The Morgan fingerprint density at radius 2 is 1.83 bits per heavy atom. The van der Waals surface area contributed by atoms with Crippen LogP contribution < -0.4 is 10.6 Å². The number of nitrogens with zero attached hydrogens (tertiary/aromatic N) is 5. The standard InChI is InChI=1S/C27H33N7O2/c1-2-32-12-14-33(15-13-32)24(35)19-6-8-21(9-7-19)30-26-29-17-20-16-22-18-28-25(36)27(10-4-3-5-11-27)34(22)23(20)31-26/h6-9,16-17H,2-5,10-15,18H2,1H3,(H,28,36)(H,29,30,31). The third-order valence-electron chi connectivity index (χ3n) is 8.07. The molecule has 2 amide bonds. The van der Waals surface area contributed by atoms with E-state index in [4.69, 9.17) is 4.98 Å². The highest BCUT2D eigenvalue weighted by Crippen LogP contribution is 2.41. The van der Waals surface area contributed by atoms with E-state index >= 15 is 0 Å². The van der Waals surface area contributed by atoms with Crippen LogP contribution >= 0.6 is 0 Å². The molecule has 36 heavy (non-hydrogen) atoms. The molecule has 2 fully saturated rings. The third-order valence-corrected chi connectivity index (χ3v) is 8.07. The molecule has 2 N–H and O–H groups in total. The van der Waals surface area contributed by atoms with Gasteiger partial charge in [0.05, 0.1) is 6.54 Å². The minimum atomic E-state index is -0.552. The van der Waals surface area contributed by atoms with Gasteiger partial charge in [0, 0.05) is 54.7 Å². The molecule has 4 heterocycles. The average Bonchev–Trinajstić information content (AvgIpc) is 3.30. The van der Waals surface area contributed by atoms with Gasteiger partial charge in [-0.15, -0.1) is 0 Å². The van der Waals surface area contributed by atoms with E-state index < -0.39 is 5.54 Å². The van der Waals surface area contributed by atoms with Gasteiger partial charge in [-0.2, -0.15) is 4.98 Å². The molecular formula is C27H33N7O2. The lowest BCUT2D eigenvalue weighted by atomic mass is 9.79. The SMILES string of the molecule is CCN1CCN(C(=O)c2ccc(Nc3ncc4cc5n(c4n3)C3(CCCCC3)C(=O)NC5)cc2)CC1. The first-order valence-corrected chi connectivity index (χ1v) is 13.1. The maximum atomic E-state index is 13.1. The van der Waals surface area contributed by atoms with Crippen molar-refractivity contribution >= 4 is 34.5 Å². The lowest BCUT2D eigenvalue weighted by molar-refractivity contribution is -0.133. The molecule has 3 aromatic rings. The van der Waals surface area contributed by atoms with Gasteiger partial charge in [0.25, 0.3) is 5.91 Å². The van der Waals surface area contributed by atoms with Crippen LogP contribution in [0.3, 0.4) is 0 Å². The van der Waals surface area contributed by atoms with E-state index in [9.17, 15) is 9.59 Å². The summed E-state index contributed by atoms with van der Waals surface area (Å²) < 4.78 is 2.17. The fraction of sp³-hybridized carbons (Fsp3) is 0.481. The fourth-order valence-corrected chi connectivity index (χ4v) is 6.01. The summed E-state index contributed by atoms with van der Waals surface area (Å²) in [5.41, 5.74) is 2.84. The Balaban J connectivity index is 1.23. The van der Waals surface area contributed by atoms with Crippen molar-refractivity contribution in [1.29, 1.82) is 0 Å². The smallest absolute Gasteiger partial charge is 0.253 e. The number of carbonyl (C=O) groups is 2. The Kier molecular flexibility index (Phi) is 5.87. The first-order valence-electron chi connectivity index (χ1n) is 13.1. The maximum Gasteiger partial charge on any atom is 0.253 e. The maximum absolute atomic E-state index is 13.1. The molecule has 1 aromatic carbocycles. The monoisotopic (exact) mass is 487 g/mol. The number of piperazine rings is 1. The van der Waals surface area contributed by atoms with Gasteiger partial charge in [0.2, 0.25) is 11.9 Å². The second-order valence-corrected chi connectivity index (χ2v) is 10.1. The van der Waals surface area contributed by atoms with Crippen molar-refractivity contribution in [2.75, 3.05) is 38.0 Å². The third kappa shape index (κ3) is 3.91. The second-order valence-electron chi connectivity index (χ2n) is 10.1. The molecule has 1 saturated carbocycles. The summed E-state index contributed by atoms with van der Waals surface area (Å²) in [6, 6.07) is 9.60. The van der Waals surface area contributed by atoms with Crippen LogP contribution in [0.15, 0.2) is 36.5 Å². The molecule has 3 aliphatic rings. The van der Waals surface area contributed by atoms with Crippen LogP contribution in [0.25, 0.3) is 11.0 Å². The largest absolute Gasteiger partial charge is 0.348 e. The summed E-state index contributed by atoms with van der Waals surface area (Å²) in [6.07, 6.45) is 6.75. The number of amides is 2. The number of nitrogens with one attached hydrogen (secondary N) is 2. The van der Waals surface area contributed by atoms with Gasteiger partial charge in [-0.3, -0.25) is 9.59 Å². The summed E-state index contributed by atoms with van der Waals surface area (Å²) >= 11 is 0. The van der Waals surface area contributed by atoms with Gasteiger partial charge in [-0.05, 0) is 49.7 Å². The van der Waals surface area contributed by atoms with E-state index in [0.717, 1.165) is 80.8 Å². The number of hydrogen-bond acceptors (Lipinski definition) is 6. The molecule has 1 saturated heterocycles. The van der Waals surface area contributed by atoms with Gasteiger partial charge < -0.3 is 25.0 Å². The van der Waals surface area contributed by atoms with Crippen LogP contribution in [-0.4, -0.2) is 68.9 Å². The minimum absolute atomic E-state index is 0.0749. The highest BCUT2D eigenvalue weighted by atomic mass is 16.2. The summed E-state index contributed by atoms with van der Waals surface area (Å²) in [5.74, 6) is 0.664. The zero-order valence-electron chi connectivity index (χ0n) is 20.8. The molecule has 9 heteroatoms. The lowest BCUT2D eigenvalue weighted by Gasteiger charge is -2.41.